The topological polar surface area (TPSA) is 130 Å². The highest BCUT2D eigenvalue weighted by atomic mass is 16.7. The number of carbonyl (C=O) groups excluding carboxylic acids is 3. The van der Waals surface area contributed by atoms with Crippen molar-refractivity contribution in [3.63, 3.8) is 0 Å². The number of ether oxygens (including phenoxy) is 2. The first-order valence-corrected chi connectivity index (χ1v) is 14.9. The largest absolute Gasteiger partial charge is 0.461 e. The number of rotatable bonds is 11. The third-order valence-corrected chi connectivity index (χ3v) is 8.99. The van der Waals surface area contributed by atoms with Gasteiger partial charge in [0.25, 0.3) is 0 Å². The quantitative estimate of drug-likeness (QED) is 0.244. The number of aliphatic hydroxyl groups is 3. The van der Waals surface area contributed by atoms with Crippen molar-refractivity contribution in [1.29, 1.82) is 0 Å². The molecule has 2 aliphatic rings. The van der Waals surface area contributed by atoms with Gasteiger partial charge in [0, 0.05) is 37.0 Å². The van der Waals surface area contributed by atoms with Crippen molar-refractivity contribution in [2.45, 2.75) is 131 Å². The van der Waals surface area contributed by atoms with Crippen LogP contribution in [0.25, 0.3) is 0 Å². The highest BCUT2D eigenvalue weighted by molar-refractivity contribution is 5.93. The normalized spacial score (nSPS) is 34.0. The Morgan fingerprint density at radius 3 is 2.33 bits per heavy atom. The summed E-state index contributed by atoms with van der Waals surface area (Å²) in [5.74, 6) is -4.83. The van der Waals surface area contributed by atoms with Gasteiger partial charge in [0.05, 0.1) is 18.1 Å². The van der Waals surface area contributed by atoms with Crippen molar-refractivity contribution in [3.05, 3.63) is 23.3 Å². The molecule has 40 heavy (non-hydrogen) atoms. The summed E-state index contributed by atoms with van der Waals surface area (Å²) in [5.41, 5.74) is 0.664. The van der Waals surface area contributed by atoms with Crippen molar-refractivity contribution in [2.24, 2.45) is 29.6 Å². The van der Waals surface area contributed by atoms with E-state index in [1.165, 1.54) is 0 Å². The zero-order valence-electron chi connectivity index (χ0n) is 25.9. The molecule has 2 rings (SSSR count). The maximum Gasteiger partial charge on any atom is 0.311 e. The Morgan fingerprint density at radius 1 is 1.12 bits per heavy atom. The van der Waals surface area contributed by atoms with Gasteiger partial charge >= 0.3 is 5.97 Å². The van der Waals surface area contributed by atoms with E-state index >= 15 is 0 Å². The predicted octanol–water partition coefficient (Wildman–Crippen LogP) is 4.68. The predicted molar refractivity (Wildman–Crippen MR) is 153 cm³/mol. The van der Waals surface area contributed by atoms with Crippen LogP contribution in [-0.2, 0) is 23.9 Å². The third kappa shape index (κ3) is 7.90. The number of carbonyl (C=O) groups is 3. The molecule has 10 atom stereocenters. The summed E-state index contributed by atoms with van der Waals surface area (Å²) in [6.07, 6.45) is 3.19. The molecular weight excluding hydrogens is 512 g/mol. The van der Waals surface area contributed by atoms with E-state index in [1.807, 2.05) is 46.8 Å². The maximum absolute atomic E-state index is 13.1. The number of hydrogen-bond donors (Lipinski definition) is 3. The number of allylic oxidation sites excluding steroid dienone is 1. The number of fused-ring (bicyclic) bond motifs is 2. The van der Waals surface area contributed by atoms with E-state index in [9.17, 15) is 29.7 Å². The van der Waals surface area contributed by atoms with Crippen molar-refractivity contribution < 1.29 is 39.2 Å². The van der Waals surface area contributed by atoms with Gasteiger partial charge in [-0.25, -0.2) is 0 Å². The average Bonchev–Trinajstić information content (AvgIpc) is 3.05. The van der Waals surface area contributed by atoms with Crippen molar-refractivity contribution in [1.82, 2.24) is 0 Å². The van der Waals surface area contributed by atoms with Crippen LogP contribution in [-0.4, -0.2) is 62.6 Å². The van der Waals surface area contributed by atoms with Gasteiger partial charge in [-0.05, 0) is 39.5 Å². The lowest BCUT2D eigenvalue weighted by Gasteiger charge is -2.32. The van der Waals surface area contributed by atoms with Crippen LogP contribution in [0.15, 0.2) is 23.3 Å². The van der Waals surface area contributed by atoms with Crippen molar-refractivity contribution in [2.75, 3.05) is 0 Å². The number of cyclic esters (lactones) is 1. The molecule has 0 aliphatic carbocycles. The fourth-order valence-corrected chi connectivity index (χ4v) is 6.53. The van der Waals surface area contributed by atoms with Crippen LogP contribution < -0.4 is 0 Å². The van der Waals surface area contributed by atoms with Crippen LogP contribution in [0.5, 0.6) is 0 Å². The molecule has 2 bridgehead atoms. The van der Waals surface area contributed by atoms with Crippen LogP contribution in [0.1, 0.15) is 101 Å². The number of Topliss-reactive ketones (excluding diaryl/α,β-unsaturated/α-hetero) is 2. The highest BCUT2D eigenvalue weighted by Crippen LogP contribution is 2.45. The molecule has 0 spiro atoms. The summed E-state index contributed by atoms with van der Waals surface area (Å²) in [6, 6.07) is 0. The molecule has 8 heteroatoms. The molecule has 1 fully saturated rings. The van der Waals surface area contributed by atoms with Crippen LogP contribution >= 0.6 is 0 Å². The molecule has 1 saturated heterocycles. The van der Waals surface area contributed by atoms with E-state index in [1.54, 1.807) is 27.7 Å². The number of ketones is 2. The first-order chi connectivity index (χ1) is 18.5. The smallest absolute Gasteiger partial charge is 0.311 e. The summed E-state index contributed by atoms with van der Waals surface area (Å²) < 4.78 is 11.7. The molecule has 2 heterocycles. The van der Waals surface area contributed by atoms with Gasteiger partial charge in [-0.3, -0.25) is 14.4 Å². The minimum Gasteiger partial charge on any atom is -0.461 e. The molecule has 0 aromatic carbocycles. The standard InChI is InChI=1S/C32H52O8/c1-10-24-30(37)31(9)16-18(3)12-13-26(39-27(34)17-32(24,38)40-31)23(8)29(36)21(6)15-19(4)14-20(5)28(35)22(7)25(33)11-2/h12,14,20-24,26,28-29,35-36,38H,10-11,13,15-17H2,1-9H3/b18-12+,19-14+/t20-,21+,22-,23-,24+,26+,28+,29+,31-,32+/m0/s1. The summed E-state index contributed by atoms with van der Waals surface area (Å²) in [4.78, 5) is 38.1. The molecule has 228 valence electrons. The van der Waals surface area contributed by atoms with E-state index in [0.29, 0.717) is 32.1 Å². The lowest BCUT2D eigenvalue weighted by Crippen LogP contribution is -2.42. The van der Waals surface area contributed by atoms with Crippen LogP contribution in [0.2, 0.25) is 0 Å². The zero-order valence-corrected chi connectivity index (χ0v) is 25.9. The Labute approximate surface area is 240 Å². The Bertz CT molecular complexity index is 985. The van der Waals surface area contributed by atoms with Crippen molar-refractivity contribution >= 4 is 17.5 Å². The maximum atomic E-state index is 13.1. The minimum atomic E-state index is -1.93. The van der Waals surface area contributed by atoms with Gasteiger partial charge in [0.1, 0.15) is 23.9 Å². The lowest BCUT2D eigenvalue weighted by molar-refractivity contribution is -0.241. The summed E-state index contributed by atoms with van der Waals surface area (Å²) in [6.45, 7) is 16.5. The number of hydrogen-bond acceptors (Lipinski definition) is 8. The molecule has 0 radical (unpaired) electrons. The van der Waals surface area contributed by atoms with E-state index < -0.39 is 59.8 Å². The van der Waals surface area contributed by atoms with Crippen LogP contribution in [0.4, 0.5) is 0 Å². The zero-order chi connectivity index (χ0) is 30.6. The fourth-order valence-electron chi connectivity index (χ4n) is 6.53. The van der Waals surface area contributed by atoms with Gasteiger partial charge in [-0.15, -0.1) is 0 Å². The summed E-state index contributed by atoms with van der Waals surface area (Å²) >= 11 is 0. The Hall–Kier alpha value is -1.87. The van der Waals surface area contributed by atoms with E-state index in [-0.39, 0.29) is 23.4 Å². The molecule has 0 unspecified atom stereocenters. The minimum absolute atomic E-state index is 0.0284. The molecule has 0 aromatic heterocycles. The second kappa shape index (κ2) is 13.9. The molecule has 8 nitrogen and oxygen atoms in total. The van der Waals surface area contributed by atoms with E-state index in [4.69, 9.17) is 9.47 Å². The van der Waals surface area contributed by atoms with Crippen LogP contribution in [0.3, 0.4) is 0 Å². The number of esters is 1. The Kier molecular flexibility index (Phi) is 11.9. The van der Waals surface area contributed by atoms with Gasteiger partial charge in [0.2, 0.25) is 0 Å². The highest BCUT2D eigenvalue weighted by Gasteiger charge is 2.60. The first kappa shape index (κ1) is 34.3. The van der Waals surface area contributed by atoms with Gasteiger partial charge in [0.15, 0.2) is 11.6 Å². The van der Waals surface area contributed by atoms with Crippen LogP contribution in [0, 0.1) is 29.6 Å². The average molecular weight is 565 g/mol. The first-order valence-electron chi connectivity index (χ1n) is 14.9. The van der Waals surface area contributed by atoms with E-state index in [2.05, 4.69) is 0 Å². The third-order valence-electron chi connectivity index (χ3n) is 8.99. The van der Waals surface area contributed by atoms with Gasteiger partial charge < -0.3 is 24.8 Å². The second-order valence-corrected chi connectivity index (χ2v) is 12.7. The number of aliphatic hydroxyl groups excluding tert-OH is 2. The molecule has 0 saturated carbocycles. The second-order valence-electron chi connectivity index (χ2n) is 12.7. The van der Waals surface area contributed by atoms with Crippen molar-refractivity contribution in [3.8, 4) is 0 Å². The summed E-state index contributed by atoms with van der Waals surface area (Å²) in [7, 11) is 0. The molecule has 0 aromatic rings. The molecule has 2 aliphatic heterocycles. The monoisotopic (exact) mass is 564 g/mol. The lowest BCUT2D eigenvalue weighted by atomic mass is 9.82. The fraction of sp³-hybridized carbons (Fsp3) is 0.781. The molecule has 3 N–H and O–H groups in total. The summed E-state index contributed by atoms with van der Waals surface area (Å²) in [5, 5.41) is 33.1. The Morgan fingerprint density at radius 2 is 1.75 bits per heavy atom. The molecular formula is C32H52O8. The SMILES string of the molecule is CCC(=O)[C@H](C)[C@H](O)[C@@H](C)/C=C(\C)C[C@@H](C)[C@@H](O)[C@@H](C)[C@H]1C/C=C(\C)C[C@]2(C)O[C@](O)(CC(=O)O1)[C@H](CC)C2=O. The molecule has 0 amide bonds. The van der Waals surface area contributed by atoms with Gasteiger partial charge in [-0.2, -0.15) is 0 Å². The van der Waals surface area contributed by atoms with E-state index in [0.717, 1.165) is 11.1 Å². The van der Waals surface area contributed by atoms with Gasteiger partial charge in [-0.1, -0.05) is 64.8 Å². The Balaban J connectivity index is 2.17.